The van der Waals surface area contributed by atoms with Gasteiger partial charge in [0.25, 0.3) is 5.69 Å². The molecule has 19 heavy (non-hydrogen) atoms. The standard InChI is InChI=1S/C14H20N2O3/c17-11-12-6-7-13(14(10-12)16(18)19)15-8-4-2-1-3-5-9-15/h6-7,10,17H,1-5,8-9,11H2. The third-order valence-corrected chi connectivity index (χ3v) is 3.62. The monoisotopic (exact) mass is 264 g/mol. The minimum atomic E-state index is -0.354. The molecule has 1 aromatic carbocycles. The molecule has 0 radical (unpaired) electrons. The molecule has 0 aromatic heterocycles. The molecule has 2 rings (SSSR count). The largest absolute Gasteiger partial charge is 0.392 e. The van der Waals surface area contributed by atoms with Gasteiger partial charge in [-0.25, -0.2) is 0 Å². The number of rotatable bonds is 3. The van der Waals surface area contributed by atoms with Crippen LogP contribution in [0.15, 0.2) is 18.2 Å². The third-order valence-electron chi connectivity index (χ3n) is 3.62. The fourth-order valence-corrected chi connectivity index (χ4v) is 2.57. The number of hydrogen-bond acceptors (Lipinski definition) is 4. The molecule has 0 aliphatic carbocycles. The lowest BCUT2D eigenvalue weighted by molar-refractivity contribution is -0.384. The van der Waals surface area contributed by atoms with Crippen LogP contribution in [0.3, 0.4) is 0 Å². The number of aliphatic hydroxyl groups excluding tert-OH is 1. The van der Waals surface area contributed by atoms with E-state index < -0.39 is 0 Å². The van der Waals surface area contributed by atoms with Crippen molar-refractivity contribution in [2.45, 2.75) is 38.7 Å². The van der Waals surface area contributed by atoms with E-state index in [0.717, 1.165) is 25.9 Å². The summed E-state index contributed by atoms with van der Waals surface area (Å²) < 4.78 is 0. The van der Waals surface area contributed by atoms with Gasteiger partial charge in [0.05, 0.1) is 11.5 Å². The second-order valence-corrected chi connectivity index (χ2v) is 4.99. The molecular weight excluding hydrogens is 244 g/mol. The summed E-state index contributed by atoms with van der Waals surface area (Å²) in [5.74, 6) is 0. The van der Waals surface area contributed by atoms with Gasteiger partial charge in [0.2, 0.25) is 0 Å². The topological polar surface area (TPSA) is 66.6 Å². The van der Waals surface area contributed by atoms with E-state index >= 15 is 0 Å². The zero-order chi connectivity index (χ0) is 13.7. The molecule has 0 atom stereocenters. The quantitative estimate of drug-likeness (QED) is 0.673. The van der Waals surface area contributed by atoms with Crippen molar-refractivity contribution in [2.24, 2.45) is 0 Å². The number of anilines is 1. The van der Waals surface area contributed by atoms with Crippen LogP contribution in [0, 0.1) is 10.1 Å². The van der Waals surface area contributed by atoms with Crippen molar-refractivity contribution in [2.75, 3.05) is 18.0 Å². The average Bonchev–Trinajstić information content (AvgIpc) is 2.38. The van der Waals surface area contributed by atoms with Gasteiger partial charge in [0.15, 0.2) is 0 Å². The minimum Gasteiger partial charge on any atom is -0.392 e. The van der Waals surface area contributed by atoms with E-state index in [1.807, 2.05) is 0 Å². The molecule has 104 valence electrons. The average molecular weight is 264 g/mol. The number of hydrogen-bond donors (Lipinski definition) is 1. The summed E-state index contributed by atoms with van der Waals surface area (Å²) >= 11 is 0. The zero-order valence-corrected chi connectivity index (χ0v) is 11.0. The third kappa shape index (κ3) is 3.44. The molecule has 1 aliphatic rings. The Morgan fingerprint density at radius 2 is 1.79 bits per heavy atom. The van der Waals surface area contributed by atoms with Gasteiger partial charge in [0.1, 0.15) is 5.69 Å². The SMILES string of the molecule is O=[N+]([O-])c1cc(CO)ccc1N1CCCCCCC1. The van der Waals surface area contributed by atoms with Crippen molar-refractivity contribution in [1.29, 1.82) is 0 Å². The first kappa shape index (κ1) is 13.8. The molecule has 1 saturated heterocycles. The highest BCUT2D eigenvalue weighted by molar-refractivity contribution is 5.64. The van der Waals surface area contributed by atoms with Gasteiger partial charge in [-0.15, -0.1) is 0 Å². The first-order chi connectivity index (χ1) is 9.22. The molecular formula is C14H20N2O3. The van der Waals surface area contributed by atoms with E-state index in [2.05, 4.69) is 4.90 Å². The Hall–Kier alpha value is -1.62. The minimum absolute atomic E-state index is 0.104. The predicted octanol–water partition coefficient (Wildman–Crippen LogP) is 2.86. The summed E-state index contributed by atoms with van der Waals surface area (Å²) in [6.07, 6.45) is 5.81. The van der Waals surface area contributed by atoms with Crippen LogP contribution in [0.2, 0.25) is 0 Å². The van der Waals surface area contributed by atoms with Crippen LogP contribution >= 0.6 is 0 Å². The summed E-state index contributed by atoms with van der Waals surface area (Å²) in [5.41, 5.74) is 1.37. The fourth-order valence-electron chi connectivity index (χ4n) is 2.57. The highest BCUT2D eigenvalue weighted by Gasteiger charge is 2.20. The highest BCUT2D eigenvalue weighted by Crippen LogP contribution is 2.30. The van der Waals surface area contributed by atoms with Gasteiger partial charge in [-0.3, -0.25) is 10.1 Å². The van der Waals surface area contributed by atoms with Gasteiger partial charge in [-0.1, -0.05) is 25.3 Å². The van der Waals surface area contributed by atoms with Crippen molar-refractivity contribution < 1.29 is 10.0 Å². The Balaban J connectivity index is 2.28. The van der Waals surface area contributed by atoms with Crippen LogP contribution in [-0.2, 0) is 6.61 Å². The van der Waals surface area contributed by atoms with E-state index in [1.165, 1.54) is 25.3 Å². The summed E-state index contributed by atoms with van der Waals surface area (Å²) in [6, 6.07) is 5.01. The second-order valence-electron chi connectivity index (χ2n) is 4.99. The molecule has 0 bridgehead atoms. The maximum absolute atomic E-state index is 11.2. The van der Waals surface area contributed by atoms with E-state index in [9.17, 15) is 10.1 Å². The molecule has 1 heterocycles. The second kappa shape index (κ2) is 6.52. The zero-order valence-electron chi connectivity index (χ0n) is 11.0. The van der Waals surface area contributed by atoms with Gasteiger partial charge in [-0.05, 0) is 24.5 Å². The lowest BCUT2D eigenvalue weighted by atomic mass is 10.1. The molecule has 5 nitrogen and oxygen atoms in total. The number of nitro benzene ring substituents is 1. The van der Waals surface area contributed by atoms with Crippen LogP contribution in [0.1, 0.15) is 37.7 Å². The number of nitrogens with zero attached hydrogens (tertiary/aromatic N) is 2. The van der Waals surface area contributed by atoms with Crippen LogP contribution in [0.4, 0.5) is 11.4 Å². The van der Waals surface area contributed by atoms with E-state index in [-0.39, 0.29) is 17.2 Å². The van der Waals surface area contributed by atoms with Crippen LogP contribution in [0.5, 0.6) is 0 Å². The van der Waals surface area contributed by atoms with Gasteiger partial charge < -0.3 is 10.0 Å². The summed E-state index contributed by atoms with van der Waals surface area (Å²) in [7, 11) is 0. The molecule has 0 spiro atoms. The molecule has 1 N–H and O–H groups in total. The molecule has 1 aromatic rings. The molecule has 5 heteroatoms. The van der Waals surface area contributed by atoms with Crippen molar-refractivity contribution in [3.8, 4) is 0 Å². The lowest BCUT2D eigenvalue weighted by Gasteiger charge is -2.26. The fraction of sp³-hybridized carbons (Fsp3) is 0.571. The molecule has 1 fully saturated rings. The Bertz CT molecular complexity index is 440. The first-order valence-electron chi connectivity index (χ1n) is 6.85. The Morgan fingerprint density at radius 3 is 2.37 bits per heavy atom. The number of benzene rings is 1. The summed E-state index contributed by atoms with van der Waals surface area (Å²) in [5, 5.41) is 20.3. The maximum atomic E-state index is 11.2. The molecule has 1 aliphatic heterocycles. The Morgan fingerprint density at radius 1 is 1.16 bits per heavy atom. The first-order valence-corrected chi connectivity index (χ1v) is 6.85. The predicted molar refractivity (Wildman–Crippen MR) is 74.3 cm³/mol. The van der Waals surface area contributed by atoms with Gasteiger partial charge in [0, 0.05) is 19.2 Å². The normalized spacial score (nSPS) is 16.8. The van der Waals surface area contributed by atoms with E-state index in [4.69, 9.17) is 5.11 Å². The summed E-state index contributed by atoms with van der Waals surface area (Å²) in [4.78, 5) is 12.9. The Kier molecular flexibility index (Phi) is 4.74. The van der Waals surface area contributed by atoms with Gasteiger partial charge >= 0.3 is 0 Å². The van der Waals surface area contributed by atoms with Crippen molar-refractivity contribution in [3.05, 3.63) is 33.9 Å². The smallest absolute Gasteiger partial charge is 0.292 e. The van der Waals surface area contributed by atoms with E-state index in [0.29, 0.717) is 11.3 Å². The molecule has 0 unspecified atom stereocenters. The summed E-state index contributed by atoms with van der Waals surface area (Å²) in [6.45, 7) is 1.58. The molecule has 0 saturated carbocycles. The van der Waals surface area contributed by atoms with Crippen molar-refractivity contribution >= 4 is 11.4 Å². The van der Waals surface area contributed by atoms with Crippen LogP contribution in [0.25, 0.3) is 0 Å². The number of aliphatic hydroxyl groups is 1. The highest BCUT2D eigenvalue weighted by atomic mass is 16.6. The van der Waals surface area contributed by atoms with E-state index in [1.54, 1.807) is 12.1 Å². The lowest BCUT2D eigenvalue weighted by Crippen LogP contribution is -2.27. The van der Waals surface area contributed by atoms with Crippen LogP contribution < -0.4 is 4.90 Å². The molecule has 0 amide bonds. The van der Waals surface area contributed by atoms with Gasteiger partial charge in [-0.2, -0.15) is 0 Å². The van der Waals surface area contributed by atoms with Crippen molar-refractivity contribution in [3.63, 3.8) is 0 Å². The van der Waals surface area contributed by atoms with Crippen molar-refractivity contribution in [1.82, 2.24) is 0 Å². The maximum Gasteiger partial charge on any atom is 0.292 e. The Labute approximate surface area is 113 Å². The van der Waals surface area contributed by atoms with Crippen LogP contribution in [-0.4, -0.2) is 23.1 Å². The number of nitro groups is 1.